The first-order chi connectivity index (χ1) is 17.2. The number of fused-ring (bicyclic) bond motifs is 1. The highest BCUT2D eigenvalue weighted by Gasteiger charge is 2.37. The summed E-state index contributed by atoms with van der Waals surface area (Å²) < 4.78 is 67.4. The summed E-state index contributed by atoms with van der Waals surface area (Å²) >= 11 is 6.21. The largest absolute Gasteiger partial charge is 0.416 e. The van der Waals surface area contributed by atoms with Gasteiger partial charge in [0, 0.05) is 38.5 Å². The third-order valence-electron chi connectivity index (χ3n) is 5.77. The molecule has 0 spiro atoms. The predicted octanol–water partition coefficient (Wildman–Crippen LogP) is 5.45. The molecule has 0 bridgehead atoms. The van der Waals surface area contributed by atoms with Crippen molar-refractivity contribution in [2.24, 2.45) is 0 Å². The Labute approximate surface area is 211 Å². The summed E-state index contributed by atoms with van der Waals surface area (Å²) in [6, 6.07) is 7.50. The molecule has 2 amide bonds. The minimum atomic E-state index is -4.93. The van der Waals surface area contributed by atoms with Gasteiger partial charge in [-0.25, -0.2) is 8.78 Å². The van der Waals surface area contributed by atoms with Crippen LogP contribution in [0.3, 0.4) is 0 Å². The van der Waals surface area contributed by atoms with Crippen LogP contribution in [0.4, 0.5) is 27.6 Å². The average molecular weight is 536 g/mol. The van der Waals surface area contributed by atoms with E-state index < -0.39 is 52.4 Å². The summed E-state index contributed by atoms with van der Waals surface area (Å²) in [5, 5.41) is 24.8. The molecule has 1 aliphatic heterocycles. The van der Waals surface area contributed by atoms with Crippen molar-refractivity contribution in [3.8, 4) is 6.07 Å². The molecular formula is C25H15ClF5N3O3. The number of rotatable bonds is 4. The number of halogens is 6. The van der Waals surface area contributed by atoms with Gasteiger partial charge in [0.2, 0.25) is 0 Å². The standard InChI is InChI=1S/C25H15ClF5N3O3/c1-24(37,10-32)12-7-17-20(21(34-23(17)36)16-9-14(27)2-3-18(16)26)19(8-12)33-22(35)11-4-13(25(29,30)31)6-15(28)5-11/h2-9,21,37H,1H3,(H,33,35)(H,34,36)/t21-,24+/m0/s1. The summed E-state index contributed by atoms with van der Waals surface area (Å²) in [6.45, 7) is 1.12. The molecule has 4 rings (SSSR count). The Kier molecular flexibility index (Phi) is 6.44. The molecule has 12 heteroatoms. The topological polar surface area (TPSA) is 102 Å². The molecule has 37 heavy (non-hydrogen) atoms. The van der Waals surface area contributed by atoms with E-state index in [9.17, 15) is 41.9 Å². The van der Waals surface area contributed by atoms with Gasteiger partial charge in [-0.05, 0) is 55.5 Å². The number of nitriles is 1. The lowest BCUT2D eigenvalue weighted by atomic mass is 9.89. The van der Waals surface area contributed by atoms with Gasteiger partial charge in [0.1, 0.15) is 17.7 Å². The smallest absolute Gasteiger partial charge is 0.372 e. The van der Waals surface area contributed by atoms with E-state index >= 15 is 0 Å². The van der Waals surface area contributed by atoms with Gasteiger partial charge in [-0.1, -0.05) is 11.6 Å². The highest BCUT2D eigenvalue weighted by molar-refractivity contribution is 6.31. The number of carbonyl (C=O) groups is 2. The fourth-order valence-electron chi connectivity index (χ4n) is 3.93. The fraction of sp³-hybridized carbons (Fsp3) is 0.160. The molecule has 190 valence electrons. The van der Waals surface area contributed by atoms with Gasteiger partial charge < -0.3 is 15.7 Å². The zero-order valence-electron chi connectivity index (χ0n) is 18.7. The van der Waals surface area contributed by atoms with E-state index in [2.05, 4.69) is 10.6 Å². The molecule has 0 saturated carbocycles. The lowest BCUT2D eigenvalue weighted by Crippen LogP contribution is -2.21. The number of alkyl halides is 3. The summed E-state index contributed by atoms with van der Waals surface area (Å²) in [5.41, 5.74) is -4.49. The summed E-state index contributed by atoms with van der Waals surface area (Å²) in [4.78, 5) is 25.8. The first-order valence-electron chi connectivity index (χ1n) is 10.5. The van der Waals surface area contributed by atoms with E-state index in [0.717, 1.165) is 25.1 Å². The van der Waals surface area contributed by atoms with Gasteiger partial charge >= 0.3 is 6.18 Å². The third-order valence-corrected chi connectivity index (χ3v) is 6.12. The number of hydrogen-bond acceptors (Lipinski definition) is 4. The molecule has 1 heterocycles. The maximum Gasteiger partial charge on any atom is 0.416 e. The molecule has 0 saturated heterocycles. The number of nitrogens with zero attached hydrogens (tertiary/aromatic N) is 1. The zero-order chi connectivity index (χ0) is 27.3. The Bertz CT molecular complexity index is 1500. The van der Waals surface area contributed by atoms with Crippen LogP contribution in [0.2, 0.25) is 5.02 Å². The maximum absolute atomic E-state index is 14.0. The van der Waals surface area contributed by atoms with Crippen molar-refractivity contribution in [1.29, 1.82) is 5.26 Å². The van der Waals surface area contributed by atoms with Crippen molar-refractivity contribution < 1.29 is 36.6 Å². The first kappa shape index (κ1) is 26.1. The van der Waals surface area contributed by atoms with Crippen LogP contribution >= 0.6 is 11.6 Å². The summed E-state index contributed by atoms with van der Waals surface area (Å²) in [5.74, 6) is -3.88. The number of anilines is 1. The number of carbonyl (C=O) groups excluding carboxylic acids is 2. The van der Waals surface area contributed by atoms with Crippen molar-refractivity contribution in [1.82, 2.24) is 5.32 Å². The number of benzene rings is 3. The van der Waals surface area contributed by atoms with Crippen molar-refractivity contribution in [3.05, 3.63) is 98.6 Å². The average Bonchev–Trinajstić information content (AvgIpc) is 3.16. The Morgan fingerprint density at radius 2 is 1.78 bits per heavy atom. The third kappa shape index (κ3) is 4.98. The second-order valence-corrected chi connectivity index (χ2v) is 8.83. The minimum absolute atomic E-state index is 0.0517. The number of aliphatic hydroxyl groups is 1. The van der Waals surface area contributed by atoms with Gasteiger partial charge in [0.05, 0.1) is 11.6 Å². The van der Waals surface area contributed by atoms with Gasteiger partial charge in [-0.2, -0.15) is 18.4 Å². The molecule has 0 unspecified atom stereocenters. The van der Waals surface area contributed by atoms with E-state index in [0.29, 0.717) is 12.1 Å². The Morgan fingerprint density at radius 1 is 1.08 bits per heavy atom. The molecule has 1 aliphatic rings. The number of amides is 2. The molecule has 3 aromatic carbocycles. The highest BCUT2D eigenvalue weighted by atomic mass is 35.5. The van der Waals surface area contributed by atoms with Crippen molar-refractivity contribution in [2.45, 2.75) is 24.7 Å². The van der Waals surface area contributed by atoms with Gasteiger partial charge in [-0.3, -0.25) is 9.59 Å². The SMILES string of the molecule is C[C@@](O)(C#N)c1cc(NC(=O)c2cc(F)cc(C(F)(F)F)c2)c2c(c1)C(=O)N[C@H]2c1cc(F)ccc1Cl. The number of hydrogen-bond donors (Lipinski definition) is 3. The van der Waals surface area contributed by atoms with E-state index in [1.807, 2.05) is 0 Å². The fourth-order valence-corrected chi connectivity index (χ4v) is 4.16. The van der Waals surface area contributed by atoms with E-state index in [1.54, 1.807) is 6.07 Å². The monoisotopic (exact) mass is 535 g/mol. The lowest BCUT2D eigenvalue weighted by molar-refractivity contribution is -0.137. The molecule has 0 aromatic heterocycles. The minimum Gasteiger partial charge on any atom is -0.372 e. The van der Waals surface area contributed by atoms with Gasteiger partial charge in [0.25, 0.3) is 11.8 Å². The van der Waals surface area contributed by atoms with Crippen LogP contribution < -0.4 is 10.6 Å². The molecular weight excluding hydrogens is 521 g/mol. The molecule has 2 atom stereocenters. The van der Waals surface area contributed by atoms with Gasteiger partial charge in [-0.15, -0.1) is 0 Å². The van der Waals surface area contributed by atoms with Crippen LogP contribution in [0.15, 0.2) is 48.5 Å². The molecule has 0 radical (unpaired) electrons. The van der Waals surface area contributed by atoms with Crippen molar-refractivity contribution in [2.75, 3.05) is 5.32 Å². The van der Waals surface area contributed by atoms with Crippen LogP contribution in [0.1, 0.15) is 55.9 Å². The summed E-state index contributed by atoms with van der Waals surface area (Å²) in [6.07, 6.45) is -4.93. The van der Waals surface area contributed by atoms with Gasteiger partial charge in [0.15, 0.2) is 5.60 Å². The molecule has 6 nitrogen and oxygen atoms in total. The second-order valence-electron chi connectivity index (χ2n) is 8.42. The zero-order valence-corrected chi connectivity index (χ0v) is 19.4. The molecule has 3 N–H and O–H groups in total. The number of nitrogens with one attached hydrogen (secondary N) is 2. The summed E-state index contributed by atoms with van der Waals surface area (Å²) in [7, 11) is 0. The Hall–Kier alpha value is -4.01. The van der Waals surface area contributed by atoms with Crippen LogP contribution in [0.25, 0.3) is 0 Å². The predicted molar refractivity (Wildman–Crippen MR) is 122 cm³/mol. The highest BCUT2D eigenvalue weighted by Crippen LogP contribution is 2.41. The lowest BCUT2D eigenvalue weighted by Gasteiger charge is -2.21. The second kappa shape index (κ2) is 9.14. The van der Waals surface area contributed by atoms with Crippen molar-refractivity contribution in [3.63, 3.8) is 0 Å². The molecule has 3 aromatic rings. The first-order valence-corrected chi connectivity index (χ1v) is 10.9. The van der Waals surface area contributed by atoms with E-state index in [-0.39, 0.29) is 39.0 Å². The van der Waals surface area contributed by atoms with Crippen LogP contribution in [0.5, 0.6) is 0 Å². The van der Waals surface area contributed by atoms with E-state index in [4.69, 9.17) is 11.6 Å². The quantitative estimate of drug-likeness (QED) is 0.305. The van der Waals surface area contributed by atoms with Crippen molar-refractivity contribution >= 4 is 29.1 Å². The molecule has 0 aliphatic carbocycles. The Balaban J connectivity index is 1.88. The van der Waals surface area contributed by atoms with Crippen LogP contribution in [-0.2, 0) is 11.8 Å². The van der Waals surface area contributed by atoms with E-state index in [1.165, 1.54) is 12.1 Å². The molecule has 0 fully saturated rings. The maximum atomic E-state index is 14.0. The van der Waals surface area contributed by atoms with Crippen LogP contribution in [0, 0.1) is 23.0 Å². The van der Waals surface area contributed by atoms with Crippen LogP contribution in [-0.4, -0.2) is 16.9 Å². The normalized spacial score (nSPS) is 16.4. The Morgan fingerprint density at radius 3 is 2.43 bits per heavy atom.